The van der Waals surface area contributed by atoms with Gasteiger partial charge in [0.15, 0.2) is 11.5 Å². The van der Waals surface area contributed by atoms with Crippen LogP contribution in [0.4, 0.5) is 8.78 Å². The highest BCUT2D eigenvalue weighted by molar-refractivity contribution is 7.15. The van der Waals surface area contributed by atoms with Gasteiger partial charge in [-0.05, 0) is 49.9 Å². The first-order chi connectivity index (χ1) is 17.4. The first kappa shape index (κ1) is 24.2. The molecule has 2 aromatic carbocycles. The van der Waals surface area contributed by atoms with Gasteiger partial charge < -0.3 is 24.9 Å². The van der Waals surface area contributed by atoms with Gasteiger partial charge in [-0.25, -0.2) is 4.98 Å². The Bertz CT molecular complexity index is 1380. The molecule has 1 aliphatic rings. The Hall–Kier alpha value is -3.50. The summed E-state index contributed by atoms with van der Waals surface area (Å²) in [5.74, 6) is 0.247. The number of nitrogens with one attached hydrogen (secondary N) is 1. The van der Waals surface area contributed by atoms with Gasteiger partial charge in [0.25, 0.3) is 5.91 Å². The van der Waals surface area contributed by atoms with Crippen molar-refractivity contribution in [1.29, 1.82) is 0 Å². The van der Waals surface area contributed by atoms with Crippen LogP contribution in [-0.4, -0.2) is 24.1 Å². The monoisotopic (exact) mass is 513 g/mol. The van der Waals surface area contributed by atoms with E-state index in [2.05, 4.69) is 15.0 Å². The first-order valence-corrected chi connectivity index (χ1v) is 12.4. The van der Waals surface area contributed by atoms with E-state index in [-0.39, 0.29) is 29.6 Å². The highest BCUT2D eigenvalue weighted by atomic mass is 32.1. The number of benzene rings is 2. The summed E-state index contributed by atoms with van der Waals surface area (Å²) in [4.78, 5) is 18.3. The summed E-state index contributed by atoms with van der Waals surface area (Å²) < 4.78 is 41.7. The SMILES string of the molecule is C[C@H](N)c1sc(-c2ccc(OC(F)F)c(OCC3CC3)c2)nc1C(=O)NCc1coc2ccccc12. The maximum absolute atomic E-state index is 13.1. The minimum Gasteiger partial charge on any atom is -0.489 e. The maximum Gasteiger partial charge on any atom is 0.387 e. The number of fused-ring (bicyclic) bond motifs is 1. The van der Waals surface area contributed by atoms with Crippen molar-refractivity contribution < 1.29 is 27.5 Å². The number of thiazole rings is 1. The fourth-order valence-electron chi connectivity index (χ4n) is 3.79. The smallest absolute Gasteiger partial charge is 0.387 e. The van der Waals surface area contributed by atoms with E-state index < -0.39 is 12.7 Å². The van der Waals surface area contributed by atoms with Gasteiger partial charge in [0, 0.05) is 29.1 Å². The molecule has 1 saturated carbocycles. The molecule has 4 aromatic rings. The summed E-state index contributed by atoms with van der Waals surface area (Å²) in [5, 5.41) is 4.35. The van der Waals surface area contributed by atoms with E-state index in [4.69, 9.17) is 14.9 Å². The van der Waals surface area contributed by atoms with Gasteiger partial charge in [-0.3, -0.25) is 4.79 Å². The Balaban J connectivity index is 1.39. The molecule has 2 heterocycles. The lowest BCUT2D eigenvalue weighted by atomic mass is 10.1. The Kier molecular flexibility index (Phi) is 6.88. The molecule has 36 heavy (non-hydrogen) atoms. The van der Waals surface area contributed by atoms with Crippen molar-refractivity contribution in [3.8, 4) is 22.1 Å². The van der Waals surface area contributed by atoms with E-state index in [1.54, 1.807) is 25.3 Å². The fourth-order valence-corrected chi connectivity index (χ4v) is 4.81. The second-order valence-electron chi connectivity index (χ2n) is 8.75. The van der Waals surface area contributed by atoms with Gasteiger partial charge >= 0.3 is 6.61 Å². The lowest BCUT2D eigenvalue weighted by molar-refractivity contribution is -0.0515. The topological polar surface area (TPSA) is 99.6 Å². The van der Waals surface area contributed by atoms with Crippen molar-refractivity contribution >= 4 is 28.2 Å². The molecule has 5 rings (SSSR count). The molecule has 1 fully saturated rings. The summed E-state index contributed by atoms with van der Waals surface area (Å²) >= 11 is 1.28. The van der Waals surface area contributed by atoms with E-state index in [0.717, 1.165) is 29.4 Å². The molecule has 3 N–H and O–H groups in total. The molecule has 1 aliphatic carbocycles. The Labute approximate surface area is 210 Å². The molecule has 2 aromatic heterocycles. The van der Waals surface area contributed by atoms with Crippen molar-refractivity contribution in [1.82, 2.24) is 10.3 Å². The first-order valence-electron chi connectivity index (χ1n) is 11.6. The van der Waals surface area contributed by atoms with E-state index in [1.165, 1.54) is 17.4 Å². The molecule has 0 saturated heterocycles. The summed E-state index contributed by atoms with van der Waals surface area (Å²) in [6.45, 7) is -0.490. The number of alkyl halides is 2. The number of hydrogen-bond acceptors (Lipinski definition) is 7. The Morgan fingerprint density at radius 2 is 2.06 bits per heavy atom. The van der Waals surface area contributed by atoms with Crippen LogP contribution in [0.2, 0.25) is 0 Å². The second-order valence-corrected chi connectivity index (χ2v) is 9.79. The number of carbonyl (C=O) groups excluding carboxylic acids is 1. The highest BCUT2D eigenvalue weighted by Gasteiger charge is 2.25. The van der Waals surface area contributed by atoms with Gasteiger partial charge in [0.2, 0.25) is 0 Å². The lowest BCUT2D eigenvalue weighted by Gasteiger charge is -2.13. The minimum absolute atomic E-state index is 0.0383. The fraction of sp³-hybridized carbons (Fsp3) is 0.308. The van der Waals surface area contributed by atoms with Crippen molar-refractivity contribution in [2.24, 2.45) is 11.7 Å². The van der Waals surface area contributed by atoms with Crippen LogP contribution in [0.25, 0.3) is 21.5 Å². The van der Waals surface area contributed by atoms with Crippen LogP contribution in [0.15, 0.2) is 53.1 Å². The molecule has 10 heteroatoms. The van der Waals surface area contributed by atoms with Crippen molar-refractivity contribution in [2.45, 2.75) is 39.0 Å². The van der Waals surface area contributed by atoms with Gasteiger partial charge in [-0.1, -0.05) is 18.2 Å². The molecule has 1 atom stereocenters. The van der Waals surface area contributed by atoms with E-state index in [0.29, 0.717) is 28.0 Å². The van der Waals surface area contributed by atoms with Gasteiger partial charge in [-0.15, -0.1) is 11.3 Å². The number of carbonyl (C=O) groups is 1. The molecular formula is C26H25F2N3O4S. The van der Waals surface area contributed by atoms with Crippen LogP contribution in [0.3, 0.4) is 0 Å². The van der Waals surface area contributed by atoms with Gasteiger partial charge in [0.05, 0.1) is 17.7 Å². The number of amides is 1. The average molecular weight is 514 g/mol. The molecule has 0 spiro atoms. The number of aromatic nitrogens is 1. The maximum atomic E-state index is 13.1. The summed E-state index contributed by atoms with van der Waals surface area (Å²) in [6, 6.07) is 11.8. The minimum atomic E-state index is -2.97. The highest BCUT2D eigenvalue weighted by Crippen LogP contribution is 2.38. The number of ether oxygens (including phenoxy) is 2. The predicted molar refractivity (Wildman–Crippen MR) is 132 cm³/mol. The zero-order chi connectivity index (χ0) is 25.2. The summed E-state index contributed by atoms with van der Waals surface area (Å²) in [5.41, 5.74) is 8.59. The van der Waals surface area contributed by atoms with Crippen LogP contribution in [0, 0.1) is 5.92 Å². The number of rotatable bonds is 10. The molecule has 188 valence electrons. The molecular weight excluding hydrogens is 488 g/mol. The van der Waals surface area contributed by atoms with Gasteiger partial charge in [0.1, 0.15) is 16.3 Å². The number of para-hydroxylation sites is 1. The van der Waals surface area contributed by atoms with E-state index >= 15 is 0 Å². The molecule has 7 nitrogen and oxygen atoms in total. The Morgan fingerprint density at radius 1 is 1.25 bits per heavy atom. The van der Waals surface area contributed by atoms with Crippen molar-refractivity contribution in [3.05, 3.63) is 64.9 Å². The number of nitrogens with zero attached hydrogens (tertiary/aromatic N) is 1. The average Bonchev–Trinajstić information content (AvgIpc) is 3.42. The lowest BCUT2D eigenvalue weighted by Crippen LogP contribution is -2.25. The molecule has 0 bridgehead atoms. The predicted octanol–water partition coefficient (Wildman–Crippen LogP) is 5.90. The van der Waals surface area contributed by atoms with Gasteiger partial charge in [-0.2, -0.15) is 8.78 Å². The third kappa shape index (κ3) is 5.34. The van der Waals surface area contributed by atoms with Crippen LogP contribution in [-0.2, 0) is 6.54 Å². The largest absolute Gasteiger partial charge is 0.489 e. The van der Waals surface area contributed by atoms with Crippen molar-refractivity contribution in [3.63, 3.8) is 0 Å². The quantitative estimate of drug-likeness (QED) is 0.274. The summed E-state index contributed by atoms with van der Waals surface area (Å²) in [6.07, 6.45) is 3.74. The van der Waals surface area contributed by atoms with E-state index in [1.807, 2.05) is 24.3 Å². The van der Waals surface area contributed by atoms with Crippen molar-refractivity contribution in [2.75, 3.05) is 6.61 Å². The molecule has 0 aliphatic heterocycles. The van der Waals surface area contributed by atoms with E-state index in [9.17, 15) is 13.6 Å². The molecule has 0 radical (unpaired) electrons. The van der Waals surface area contributed by atoms with Crippen LogP contribution < -0.4 is 20.5 Å². The van der Waals surface area contributed by atoms with Crippen LogP contribution >= 0.6 is 11.3 Å². The van der Waals surface area contributed by atoms with Crippen LogP contribution in [0.1, 0.15) is 46.7 Å². The number of hydrogen-bond donors (Lipinski definition) is 2. The number of nitrogens with two attached hydrogens (primary N) is 1. The number of furan rings is 1. The normalized spacial score (nSPS) is 14.2. The zero-order valence-electron chi connectivity index (χ0n) is 19.5. The third-order valence-electron chi connectivity index (χ3n) is 5.86. The third-order valence-corrected chi connectivity index (χ3v) is 7.17. The summed E-state index contributed by atoms with van der Waals surface area (Å²) in [7, 11) is 0. The Morgan fingerprint density at radius 3 is 2.81 bits per heavy atom. The standard InChI is InChI=1S/C26H25F2N3O4S/c1-14(29)23-22(24(32)30-11-17-13-34-19-5-3-2-4-18(17)19)31-25(36-23)16-8-9-20(35-26(27)28)21(10-16)33-12-15-6-7-15/h2-5,8-10,13-15,26H,6-7,11-12,29H2,1H3,(H,30,32)/t14-/m0/s1. The second kappa shape index (κ2) is 10.2. The zero-order valence-corrected chi connectivity index (χ0v) is 20.3. The number of halogens is 2. The molecule has 1 amide bonds. The van der Waals surface area contributed by atoms with Crippen LogP contribution in [0.5, 0.6) is 11.5 Å². The molecule has 0 unspecified atom stereocenters.